The predicted octanol–water partition coefficient (Wildman–Crippen LogP) is 1.87. The highest BCUT2D eigenvalue weighted by Crippen LogP contribution is 2.24. The minimum Gasteiger partial charge on any atom is -0.406 e. The monoisotopic (exact) mass is 248 g/mol. The molecule has 0 radical (unpaired) electrons. The van der Waals surface area contributed by atoms with Gasteiger partial charge in [-0.1, -0.05) is 6.07 Å². The van der Waals surface area contributed by atoms with Gasteiger partial charge >= 0.3 is 6.36 Å². The summed E-state index contributed by atoms with van der Waals surface area (Å²) in [4.78, 5) is 11.2. The lowest BCUT2D eigenvalue weighted by atomic mass is 10.2. The molecule has 0 saturated carbocycles. The largest absolute Gasteiger partial charge is 0.573 e. The van der Waals surface area contributed by atoms with Gasteiger partial charge in [-0.25, -0.2) is 0 Å². The zero-order valence-corrected chi connectivity index (χ0v) is 8.91. The van der Waals surface area contributed by atoms with Crippen LogP contribution in [0.5, 0.6) is 5.75 Å². The van der Waals surface area contributed by atoms with E-state index in [9.17, 15) is 18.0 Å². The molecule has 0 bridgehead atoms. The van der Waals surface area contributed by atoms with Crippen LogP contribution in [0.1, 0.15) is 6.92 Å². The van der Waals surface area contributed by atoms with Crippen LogP contribution in [-0.2, 0) is 4.79 Å². The molecule has 0 aliphatic carbocycles. The van der Waals surface area contributed by atoms with E-state index in [2.05, 4.69) is 10.1 Å². The second kappa shape index (κ2) is 5.05. The Labute approximate surface area is 95.6 Å². The van der Waals surface area contributed by atoms with Crippen LogP contribution < -0.4 is 15.8 Å². The van der Waals surface area contributed by atoms with Crippen molar-refractivity contribution in [2.24, 2.45) is 5.73 Å². The van der Waals surface area contributed by atoms with Crippen molar-refractivity contribution in [1.29, 1.82) is 0 Å². The second-order valence-electron chi connectivity index (χ2n) is 3.35. The maximum Gasteiger partial charge on any atom is 0.573 e. The number of carbonyl (C=O) groups is 1. The van der Waals surface area contributed by atoms with E-state index in [-0.39, 0.29) is 5.69 Å². The lowest BCUT2D eigenvalue weighted by Gasteiger charge is -2.11. The predicted molar refractivity (Wildman–Crippen MR) is 55.4 cm³/mol. The van der Waals surface area contributed by atoms with E-state index in [0.717, 1.165) is 12.1 Å². The molecule has 1 aromatic carbocycles. The molecule has 4 nitrogen and oxygen atoms in total. The van der Waals surface area contributed by atoms with Crippen LogP contribution in [0.2, 0.25) is 0 Å². The summed E-state index contributed by atoms with van der Waals surface area (Å²) in [5.41, 5.74) is 5.49. The molecular formula is C10H11F3N2O2. The SMILES string of the molecule is C[C@H](N)C(=O)Nc1cccc(OC(F)(F)F)c1. The molecule has 1 atom stereocenters. The third-order valence-corrected chi connectivity index (χ3v) is 1.75. The lowest BCUT2D eigenvalue weighted by molar-refractivity contribution is -0.274. The van der Waals surface area contributed by atoms with E-state index >= 15 is 0 Å². The summed E-state index contributed by atoms with van der Waals surface area (Å²) in [6.45, 7) is 1.46. The van der Waals surface area contributed by atoms with Gasteiger partial charge < -0.3 is 15.8 Å². The number of anilines is 1. The highest BCUT2D eigenvalue weighted by Gasteiger charge is 2.31. The van der Waals surface area contributed by atoms with Crippen molar-refractivity contribution in [3.05, 3.63) is 24.3 Å². The van der Waals surface area contributed by atoms with Crippen LogP contribution in [0, 0.1) is 0 Å². The lowest BCUT2D eigenvalue weighted by Crippen LogP contribution is -2.32. The van der Waals surface area contributed by atoms with Crippen molar-refractivity contribution in [3.63, 3.8) is 0 Å². The number of nitrogens with one attached hydrogen (secondary N) is 1. The van der Waals surface area contributed by atoms with Gasteiger partial charge in [0.25, 0.3) is 0 Å². The summed E-state index contributed by atoms with van der Waals surface area (Å²) in [7, 11) is 0. The van der Waals surface area contributed by atoms with Crippen LogP contribution in [0.3, 0.4) is 0 Å². The van der Waals surface area contributed by atoms with Crippen LogP contribution in [0.25, 0.3) is 0 Å². The van der Waals surface area contributed by atoms with Crippen LogP contribution in [0.15, 0.2) is 24.3 Å². The molecular weight excluding hydrogens is 237 g/mol. The normalized spacial score (nSPS) is 13.0. The van der Waals surface area contributed by atoms with Crippen molar-refractivity contribution in [2.75, 3.05) is 5.32 Å². The van der Waals surface area contributed by atoms with Crippen molar-refractivity contribution in [3.8, 4) is 5.75 Å². The Balaban J connectivity index is 2.76. The van der Waals surface area contributed by atoms with E-state index in [4.69, 9.17) is 5.73 Å². The molecule has 0 aliphatic heterocycles. The number of hydrogen-bond acceptors (Lipinski definition) is 3. The molecule has 0 fully saturated rings. The molecule has 1 aromatic rings. The molecule has 0 spiro atoms. The molecule has 0 unspecified atom stereocenters. The quantitative estimate of drug-likeness (QED) is 0.858. The third kappa shape index (κ3) is 4.73. The van der Waals surface area contributed by atoms with E-state index in [0.29, 0.717) is 0 Å². The molecule has 17 heavy (non-hydrogen) atoms. The first-order valence-corrected chi connectivity index (χ1v) is 4.70. The summed E-state index contributed by atoms with van der Waals surface area (Å²) >= 11 is 0. The summed E-state index contributed by atoms with van der Waals surface area (Å²) < 4.78 is 39.5. The molecule has 3 N–H and O–H groups in total. The fourth-order valence-electron chi connectivity index (χ4n) is 1.03. The van der Waals surface area contributed by atoms with Gasteiger partial charge in [0, 0.05) is 11.8 Å². The number of halogens is 3. The Morgan fingerprint density at radius 1 is 1.47 bits per heavy atom. The highest BCUT2D eigenvalue weighted by atomic mass is 19.4. The summed E-state index contributed by atoms with van der Waals surface area (Å²) in [6.07, 6.45) is -4.76. The molecule has 7 heteroatoms. The number of hydrogen-bond donors (Lipinski definition) is 2. The number of ether oxygens (including phenoxy) is 1. The highest BCUT2D eigenvalue weighted by molar-refractivity contribution is 5.94. The van der Waals surface area contributed by atoms with Crippen LogP contribution in [0.4, 0.5) is 18.9 Å². The second-order valence-corrected chi connectivity index (χ2v) is 3.35. The molecule has 1 rings (SSSR count). The third-order valence-electron chi connectivity index (χ3n) is 1.75. The first kappa shape index (κ1) is 13.3. The molecule has 1 amide bonds. The number of alkyl halides is 3. The standard InChI is InChI=1S/C10H11F3N2O2/c1-6(14)9(16)15-7-3-2-4-8(5-7)17-10(11,12)13/h2-6H,14H2,1H3,(H,15,16)/t6-/m0/s1. The van der Waals surface area contributed by atoms with Gasteiger partial charge in [0.15, 0.2) is 0 Å². The number of nitrogens with two attached hydrogens (primary N) is 1. The zero-order valence-electron chi connectivity index (χ0n) is 8.91. The number of benzene rings is 1. The van der Waals surface area contributed by atoms with Gasteiger partial charge in [0.05, 0.1) is 6.04 Å². The van der Waals surface area contributed by atoms with Crippen molar-refractivity contribution < 1.29 is 22.7 Å². The molecule has 0 heterocycles. The van der Waals surface area contributed by atoms with Gasteiger partial charge in [-0.3, -0.25) is 4.79 Å². The van der Waals surface area contributed by atoms with E-state index < -0.39 is 24.1 Å². The van der Waals surface area contributed by atoms with E-state index in [1.165, 1.54) is 19.1 Å². The van der Waals surface area contributed by atoms with Gasteiger partial charge in [-0.15, -0.1) is 13.2 Å². The van der Waals surface area contributed by atoms with Crippen LogP contribution >= 0.6 is 0 Å². The van der Waals surface area contributed by atoms with Gasteiger partial charge in [-0.05, 0) is 19.1 Å². The van der Waals surface area contributed by atoms with Gasteiger partial charge in [0.1, 0.15) is 5.75 Å². The van der Waals surface area contributed by atoms with Gasteiger partial charge in [-0.2, -0.15) is 0 Å². The fourth-order valence-corrected chi connectivity index (χ4v) is 1.03. The molecule has 0 aliphatic rings. The Kier molecular flexibility index (Phi) is 3.95. The van der Waals surface area contributed by atoms with Crippen molar-refractivity contribution in [2.45, 2.75) is 19.3 Å². The number of rotatable bonds is 3. The maximum atomic E-state index is 11.9. The first-order chi connectivity index (χ1) is 7.78. The summed E-state index contributed by atoms with van der Waals surface area (Å²) in [6, 6.07) is 4.21. The number of amides is 1. The zero-order chi connectivity index (χ0) is 13.1. The average molecular weight is 248 g/mol. The van der Waals surface area contributed by atoms with E-state index in [1.807, 2.05) is 0 Å². The fraction of sp³-hybridized carbons (Fsp3) is 0.300. The first-order valence-electron chi connectivity index (χ1n) is 4.70. The molecule has 0 saturated heterocycles. The summed E-state index contributed by atoms with van der Waals surface area (Å²) in [5.74, 6) is -0.894. The van der Waals surface area contributed by atoms with Crippen molar-refractivity contribution >= 4 is 11.6 Å². The minimum absolute atomic E-state index is 0.189. The van der Waals surface area contributed by atoms with Crippen molar-refractivity contribution in [1.82, 2.24) is 0 Å². The minimum atomic E-state index is -4.76. The van der Waals surface area contributed by atoms with Crippen LogP contribution in [-0.4, -0.2) is 18.3 Å². The smallest absolute Gasteiger partial charge is 0.406 e. The summed E-state index contributed by atoms with van der Waals surface area (Å²) in [5, 5.41) is 2.36. The topological polar surface area (TPSA) is 64.4 Å². The Bertz CT molecular complexity index is 405. The maximum absolute atomic E-state index is 11.9. The number of carbonyl (C=O) groups excluding carboxylic acids is 1. The van der Waals surface area contributed by atoms with Gasteiger partial charge in [0.2, 0.25) is 5.91 Å². The Hall–Kier alpha value is -1.76. The Morgan fingerprint density at radius 3 is 2.65 bits per heavy atom. The average Bonchev–Trinajstić information content (AvgIpc) is 2.15. The van der Waals surface area contributed by atoms with E-state index in [1.54, 1.807) is 0 Å². The molecule has 94 valence electrons. The molecule has 0 aromatic heterocycles. The Morgan fingerprint density at radius 2 is 2.12 bits per heavy atom.